The van der Waals surface area contributed by atoms with Crippen LogP contribution in [0.2, 0.25) is 0 Å². The Balaban J connectivity index is 1.33. The molecule has 0 spiro atoms. The molecule has 2 aliphatic heterocycles. The van der Waals surface area contributed by atoms with Gasteiger partial charge in [0.2, 0.25) is 5.91 Å². The predicted octanol–water partition coefficient (Wildman–Crippen LogP) is 3.56. The highest BCUT2D eigenvalue weighted by atomic mass is 16.2. The molecule has 4 rings (SSSR count). The van der Waals surface area contributed by atoms with Crippen LogP contribution in [0.1, 0.15) is 44.6 Å². The maximum atomic E-state index is 13.1. The second-order valence-electron chi connectivity index (χ2n) is 8.60. The average Bonchev–Trinajstić information content (AvgIpc) is 2.81. The van der Waals surface area contributed by atoms with Crippen LogP contribution in [0.3, 0.4) is 0 Å². The Bertz CT molecular complexity index is 809. The Kier molecular flexibility index (Phi) is 6.50. The van der Waals surface area contributed by atoms with E-state index in [9.17, 15) is 4.79 Å². The van der Waals surface area contributed by atoms with Crippen molar-refractivity contribution in [3.8, 4) is 0 Å². The summed E-state index contributed by atoms with van der Waals surface area (Å²) in [6.07, 6.45) is 3.27. The van der Waals surface area contributed by atoms with Crippen molar-refractivity contribution < 1.29 is 4.79 Å². The zero-order chi connectivity index (χ0) is 20.9. The van der Waals surface area contributed by atoms with Crippen molar-refractivity contribution in [3.63, 3.8) is 0 Å². The van der Waals surface area contributed by atoms with Crippen LogP contribution < -0.4 is 9.80 Å². The smallest absolute Gasteiger partial charge is 0.230 e. The van der Waals surface area contributed by atoms with E-state index in [1.165, 1.54) is 12.8 Å². The Hall–Kier alpha value is -2.63. The molecule has 1 aromatic carbocycles. The van der Waals surface area contributed by atoms with Gasteiger partial charge in [-0.3, -0.25) is 4.79 Å². The van der Waals surface area contributed by atoms with Crippen molar-refractivity contribution in [1.29, 1.82) is 0 Å². The number of benzene rings is 1. The molecule has 6 heteroatoms. The normalized spacial score (nSPS) is 19.1. The molecule has 3 heterocycles. The lowest BCUT2D eigenvalue weighted by molar-refractivity contribution is -0.133. The second kappa shape index (κ2) is 9.45. The molecule has 1 amide bonds. The fraction of sp³-hybridized carbons (Fsp3) is 0.542. The zero-order valence-electron chi connectivity index (χ0n) is 18.2. The predicted molar refractivity (Wildman–Crippen MR) is 121 cm³/mol. The summed E-state index contributed by atoms with van der Waals surface area (Å²) >= 11 is 0. The van der Waals surface area contributed by atoms with Gasteiger partial charge >= 0.3 is 0 Å². The van der Waals surface area contributed by atoms with E-state index in [0.29, 0.717) is 0 Å². The molecule has 1 atom stereocenters. The largest absolute Gasteiger partial charge is 0.355 e. The maximum absolute atomic E-state index is 13.1. The minimum atomic E-state index is -0.0518. The summed E-state index contributed by atoms with van der Waals surface area (Å²) in [5, 5.41) is 8.99. The molecule has 0 N–H and O–H groups in total. The van der Waals surface area contributed by atoms with Gasteiger partial charge in [-0.25, -0.2) is 0 Å². The van der Waals surface area contributed by atoms with E-state index in [4.69, 9.17) is 0 Å². The van der Waals surface area contributed by atoms with Gasteiger partial charge in [0, 0.05) is 39.3 Å². The third kappa shape index (κ3) is 4.58. The van der Waals surface area contributed by atoms with Gasteiger partial charge in [0.25, 0.3) is 0 Å². The van der Waals surface area contributed by atoms with Gasteiger partial charge in [0.05, 0.1) is 5.92 Å². The summed E-state index contributed by atoms with van der Waals surface area (Å²) in [4.78, 5) is 19.7. The first-order valence-corrected chi connectivity index (χ1v) is 11.3. The van der Waals surface area contributed by atoms with Gasteiger partial charge in [-0.15, -0.1) is 10.2 Å². The summed E-state index contributed by atoms with van der Waals surface area (Å²) in [5.41, 5.74) is 1.11. The number of piperazine rings is 1. The van der Waals surface area contributed by atoms with Gasteiger partial charge in [0.15, 0.2) is 11.6 Å². The highest BCUT2D eigenvalue weighted by Crippen LogP contribution is 2.25. The standard InChI is InChI=1S/C24H33N5O/c1-3-21(20-7-5-4-6-8-20)24(30)29-17-15-28(16-18-29)23-10-9-22(25-26-23)27-13-11-19(2)12-14-27/h4-10,19,21H,3,11-18H2,1-2H3. The van der Waals surface area contributed by atoms with Gasteiger partial charge in [-0.05, 0) is 42.9 Å². The number of rotatable bonds is 5. The number of carbonyl (C=O) groups excluding carboxylic acids is 1. The van der Waals surface area contributed by atoms with Crippen molar-refractivity contribution in [2.75, 3.05) is 49.1 Å². The number of nitrogens with zero attached hydrogens (tertiary/aromatic N) is 5. The summed E-state index contributed by atoms with van der Waals surface area (Å²) in [6, 6.07) is 14.3. The van der Waals surface area contributed by atoms with E-state index in [1.807, 2.05) is 23.1 Å². The van der Waals surface area contributed by atoms with Crippen LogP contribution in [0.5, 0.6) is 0 Å². The number of hydrogen-bond acceptors (Lipinski definition) is 5. The van der Waals surface area contributed by atoms with E-state index in [-0.39, 0.29) is 11.8 Å². The van der Waals surface area contributed by atoms with Gasteiger partial charge in [-0.1, -0.05) is 44.2 Å². The highest BCUT2D eigenvalue weighted by molar-refractivity contribution is 5.84. The van der Waals surface area contributed by atoms with Crippen molar-refractivity contribution >= 4 is 17.5 Å². The van der Waals surface area contributed by atoms with Crippen LogP contribution in [0.4, 0.5) is 11.6 Å². The molecule has 2 aliphatic rings. The third-order valence-electron chi connectivity index (χ3n) is 6.57. The van der Waals surface area contributed by atoms with E-state index < -0.39 is 0 Å². The average molecular weight is 408 g/mol. The van der Waals surface area contributed by atoms with Crippen LogP contribution in [-0.2, 0) is 4.79 Å². The molecule has 6 nitrogen and oxygen atoms in total. The molecule has 2 fully saturated rings. The second-order valence-corrected chi connectivity index (χ2v) is 8.60. The molecule has 160 valence electrons. The van der Waals surface area contributed by atoms with E-state index in [2.05, 4.69) is 58.1 Å². The summed E-state index contributed by atoms with van der Waals surface area (Å²) in [5.74, 6) is 2.88. The number of amides is 1. The minimum Gasteiger partial charge on any atom is -0.355 e. The van der Waals surface area contributed by atoms with E-state index >= 15 is 0 Å². The van der Waals surface area contributed by atoms with Crippen LogP contribution in [0.25, 0.3) is 0 Å². The van der Waals surface area contributed by atoms with Gasteiger partial charge in [-0.2, -0.15) is 0 Å². The Morgan fingerprint density at radius 3 is 2.00 bits per heavy atom. The first-order chi connectivity index (χ1) is 14.7. The molecule has 0 aliphatic carbocycles. The first-order valence-electron chi connectivity index (χ1n) is 11.3. The Morgan fingerprint density at radius 2 is 1.47 bits per heavy atom. The number of aromatic nitrogens is 2. The topological polar surface area (TPSA) is 52.6 Å². The van der Waals surface area contributed by atoms with Crippen LogP contribution >= 0.6 is 0 Å². The van der Waals surface area contributed by atoms with Crippen LogP contribution in [0.15, 0.2) is 42.5 Å². The number of piperidine rings is 1. The van der Waals surface area contributed by atoms with E-state index in [0.717, 1.165) is 68.8 Å². The molecule has 2 aromatic rings. The van der Waals surface area contributed by atoms with Crippen LogP contribution in [0, 0.1) is 5.92 Å². The molecular formula is C24H33N5O. The molecule has 1 aromatic heterocycles. The molecule has 30 heavy (non-hydrogen) atoms. The van der Waals surface area contributed by atoms with Gasteiger partial charge < -0.3 is 14.7 Å². The first kappa shape index (κ1) is 20.6. The van der Waals surface area contributed by atoms with Gasteiger partial charge in [0.1, 0.15) is 0 Å². The van der Waals surface area contributed by atoms with Crippen LogP contribution in [-0.4, -0.2) is 60.3 Å². The molecular weight excluding hydrogens is 374 g/mol. The summed E-state index contributed by atoms with van der Waals surface area (Å²) < 4.78 is 0. The Morgan fingerprint density at radius 1 is 0.900 bits per heavy atom. The van der Waals surface area contributed by atoms with Crippen molar-refractivity contribution in [2.45, 2.75) is 39.0 Å². The molecule has 1 unspecified atom stereocenters. The van der Waals surface area contributed by atoms with Crippen molar-refractivity contribution in [3.05, 3.63) is 48.0 Å². The quantitative estimate of drug-likeness (QED) is 0.759. The monoisotopic (exact) mass is 407 g/mol. The molecule has 0 bridgehead atoms. The summed E-state index contributed by atoms with van der Waals surface area (Å²) in [6.45, 7) is 9.60. The fourth-order valence-corrected chi connectivity index (χ4v) is 4.51. The Labute approximate surface area is 179 Å². The highest BCUT2D eigenvalue weighted by Gasteiger charge is 2.28. The molecule has 2 saturated heterocycles. The zero-order valence-corrected chi connectivity index (χ0v) is 18.2. The lowest BCUT2D eigenvalue weighted by Gasteiger charge is -2.37. The minimum absolute atomic E-state index is 0.0518. The third-order valence-corrected chi connectivity index (χ3v) is 6.57. The SMILES string of the molecule is CCC(C(=O)N1CCN(c2ccc(N3CCC(C)CC3)nn2)CC1)c1ccccc1. The van der Waals surface area contributed by atoms with Crippen molar-refractivity contribution in [2.24, 2.45) is 5.92 Å². The number of hydrogen-bond donors (Lipinski definition) is 0. The van der Waals surface area contributed by atoms with Crippen molar-refractivity contribution in [1.82, 2.24) is 15.1 Å². The lowest BCUT2D eigenvalue weighted by Crippen LogP contribution is -2.50. The fourth-order valence-electron chi connectivity index (χ4n) is 4.51. The number of anilines is 2. The molecule has 0 radical (unpaired) electrons. The maximum Gasteiger partial charge on any atom is 0.230 e. The van der Waals surface area contributed by atoms with E-state index in [1.54, 1.807) is 0 Å². The lowest BCUT2D eigenvalue weighted by atomic mass is 9.95. The molecule has 0 saturated carbocycles. The number of carbonyl (C=O) groups is 1. The summed E-state index contributed by atoms with van der Waals surface area (Å²) in [7, 11) is 0.